The van der Waals surface area contributed by atoms with Crippen molar-refractivity contribution in [2.45, 2.75) is 0 Å². The first-order valence-electron chi connectivity index (χ1n) is 7.89. The average molecular weight is 384 g/mol. The Morgan fingerprint density at radius 3 is 1.96 bits per heavy atom. The van der Waals surface area contributed by atoms with Gasteiger partial charge >= 0.3 is 11.9 Å². The fourth-order valence-electron chi connectivity index (χ4n) is 2.23. The minimum Gasteiger partial charge on any atom is -0.465 e. The summed E-state index contributed by atoms with van der Waals surface area (Å²) in [6.07, 6.45) is 2.67. The number of rotatable bonds is 6. The van der Waals surface area contributed by atoms with Gasteiger partial charge in [0.2, 0.25) is 5.91 Å². The van der Waals surface area contributed by atoms with Crippen molar-refractivity contribution < 1.29 is 28.8 Å². The van der Waals surface area contributed by atoms with Crippen molar-refractivity contribution in [3.05, 3.63) is 75.3 Å². The summed E-state index contributed by atoms with van der Waals surface area (Å²) in [4.78, 5) is 45.7. The third kappa shape index (κ3) is 5.24. The van der Waals surface area contributed by atoms with Crippen LogP contribution < -0.4 is 5.32 Å². The van der Waals surface area contributed by atoms with Gasteiger partial charge in [-0.3, -0.25) is 14.9 Å². The standard InChI is InChI=1S/C19H16N2O7/c1-27-18(23)13-9-14(19(24)28-2)11-15(10-13)20-17(22)8-5-12-3-6-16(7-4-12)21(25)26/h3-11H,1-2H3,(H,20,22). The van der Waals surface area contributed by atoms with Crippen LogP contribution in [0.2, 0.25) is 0 Å². The van der Waals surface area contributed by atoms with Crippen LogP contribution in [0.4, 0.5) is 11.4 Å². The van der Waals surface area contributed by atoms with Crippen LogP contribution in [0.5, 0.6) is 0 Å². The van der Waals surface area contributed by atoms with E-state index in [1.807, 2.05) is 0 Å². The maximum Gasteiger partial charge on any atom is 0.337 e. The van der Waals surface area contributed by atoms with E-state index in [1.165, 1.54) is 68.8 Å². The maximum absolute atomic E-state index is 12.1. The first-order valence-corrected chi connectivity index (χ1v) is 7.89. The van der Waals surface area contributed by atoms with Gasteiger partial charge in [0.05, 0.1) is 30.3 Å². The normalized spacial score (nSPS) is 10.4. The molecule has 9 nitrogen and oxygen atoms in total. The Kier molecular flexibility index (Phi) is 6.58. The number of esters is 2. The minimum absolute atomic E-state index is 0.0587. The molecule has 0 fully saturated rings. The van der Waals surface area contributed by atoms with Crippen LogP contribution in [0.25, 0.3) is 6.08 Å². The molecule has 0 atom stereocenters. The molecule has 0 aliphatic carbocycles. The zero-order chi connectivity index (χ0) is 20.7. The second kappa shape index (κ2) is 9.08. The van der Waals surface area contributed by atoms with Crippen LogP contribution >= 0.6 is 0 Å². The maximum atomic E-state index is 12.1. The zero-order valence-corrected chi connectivity index (χ0v) is 15.0. The summed E-state index contributed by atoms with van der Waals surface area (Å²) in [7, 11) is 2.39. The predicted molar refractivity (Wildman–Crippen MR) is 99.9 cm³/mol. The van der Waals surface area contributed by atoms with Crippen LogP contribution in [-0.4, -0.2) is 37.0 Å². The van der Waals surface area contributed by atoms with E-state index in [2.05, 4.69) is 14.8 Å². The highest BCUT2D eigenvalue weighted by molar-refractivity contribution is 6.04. The predicted octanol–water partition coefficient (Wildman–Crippen LogP) is 2.82. The van der Waals surface area contributed by atoms with Crippen LogP contribution in [0.3, 0.4) is 0 Å². The van der Waals surface area contributed by atoms with Crippen molar-refractivity contribution in [3.8, 4) is 0 Å². The third-order valence-corrected chi connectivity index (χ3v) is 3.57. The molecule has 144 valence electrons. The van der Waals surface area contributed by atoms with Gasteiger partial charge in [-0.2, -0.15) is 0 Å². The van der Waals surface area contributed by atoms with E-state index in [4.69, 9.17) is 0 Å². The fraction of sp³-hybridized carbons (Fsp3) is 0.105. The highest BCUT2D eigenvalue weighted by Gasteiger charge is 2.14. The molecule has 0 bridgehead atoms. The minimum atomic E-state index is -0.678. The Morgan fingerprint density at radius 2 is 1.50 bits per heavy atom. The van der Waals surface area contributed by atoms with Crippen LogP contribution in [0, 0.1) is 10.1 Å². The molecule has 9 heteroatoms. The molecule has 0 saturated carbocycles. The van der Waals surface area contributed by atoms with E-state index < -0.39 is 22.8 Å². The van der Waals surface area contributed by atoms with Gasteiger partial charge < -0.3 is 14.8 Å². The quantitative estimate of drug-likeness (QED) is 0.351. The van der Waals surface area contributed by atoms with Gasteiger partial charge in [-0.1, -0.05) is 0 Å². The SMILES string of the molecule is COC(=O)c1cc(NC(=O)C=Cc2ccc([N+](=O)[O-])cc2)cc(C(=O)OC)c1. The molecule has 1 amide bonds. The van der Waals surface area contributed by atoms with Gasteiger partial charge in [0.25, 0.3) is 5.69 Å². The molecule has 0 saturated heterocycles. The van der Waals surface area contributed by atoms with Gasteiger partial charge in [0.1, 0.15) is 0 Å². The van der Waals surface area contributed by atoms with Crippen LogP contribution in [0.15, 0.2) is 48.5 Å². The van der Waals surface area contributed by atoms with Crippen molar-refractivity contribution in [1.82, 2.24) is 0 Å². The Morgan fingerprint density at radius 1 is 0.964 bits per heavy atom. The highest BCUT2D eigenvalue weighted by Crippen LogP contribution is 2.18. The second-order valence-corrected chi connectivity index (χ2v) is 5.45. The van der Waals surface area contributed by atoms with Crippen molar-refractivity contribution >= 4 is 35.3 Å². The lowest BCUT2D eigenvalue weighted by molar-refractivity contribution is -0.384. The monoisotopic (exact) mass is 384 g/mol. The highest BCUT2D eigenvalue weighted by atomic mass is 16.6. The fourth-order valence-corrected chi connectivity index (χ4v) is 2.23. The number of amides is 1. The summed E-state index contributed by atoms with van der Waals surface area (Å²) < 4.78 is 9.26. The third-order valence-electron chi connectivity index (χ3n) is 3.57. The summed E-state index contributed by atoms with van der Waals surface area (Å²) in [5.74, 6) is -1.89. The molecule has 2 aromatic rings. The number of carbonyl (C=O) groups is 3. The number of nitrogens with one attached hydrogen (secondary N) is 1. The Labute approximate surface area is 159 Å². The summed E-state index contributed by atoms with van der Waals surface area (Å²) >= 11 is 0. The van der Waals surface area contributed by atoms with E-state index in [1.54, 1.807) is 0 Å². The summed E-state index contributed by atoms with van der Waals surface area (Å²) in [5.41, 5.74) is 0.859. The van der Waals surface area contributed by atoms with Gasteiger partial charge in [-0.15, -0.1) is 0 Å². The number of nitro benzene ring substituents is 1. The summed E-state index contributed by atoms with van der Waals surface area (Å²) in [6.45, 7) is 0. The Balaban J connectivity index is 2.18. The largest absolute Gasteiger partial charge is 0.465 e. The lowest BCUT2D eigenvalue weighted by Gasteiger charge is -2.08. The number of nitro groups is 1. The molecule has 0 unspecified atom stereocenters. The number of anilines is 1. The molecule has 1 N–H and O–H groups in total. The molecule has 0 heterocycles. The van der Waals surface area contributed by atoms with Crippen molar-refractivity contribution in [1.29, 1.82) is 0 Å². The number of carbonyl (C=O) groups excluding carboxylic acids is 3. The van der Waals surface area contributed by atoms with Gasteiger partial charge in [0, 0.05) is 23.9 Å². The van der Waals surface area contributed by atoms with E-state index in [9.17, 15) is 24.5 Å². The summed E-state index contributed by atoms with van der Waals surface area (Å²) in [6, 6.07) is 9.64. The molecule has 0 aromatic heterocycles. The van der Waals surface area contributed by atoms with Gasteiger partial charge in [-0.05, 0) is 42.0 Å². The summed E-state index contributed by atoms with van der Waals surface area (Å²) in [5, 5.41) is 13.2. The smallest absolute Gasteiger partial charge is 0.337 e. The number of hydrogen-bond acceptors (Lipinski definition) is 7. The van der Waals surface area contributed by atoms with Crippen molar-refractivity contribution in [2.24, 2.45) is 0 Å². The number of non-ortho nitro benzene ring substituents is 1. The van der Waals surface area contributed by atoms with Crippen molar-refractivity contribution in [2.75, 3.05) is 19.5 Å². The molecule has 28 heavy (non-hydrogen) atoms. The Hall–Kier alpha value is -4.01. The topological polar surface area (TPSA) is 125 Å². The molecule has 2 rings (SSSR count). The van der Waals surface area contributed by atoms with Crippen molar-refractivity contribution in [3.63, 3.8) is 0 Å². The van der Waals surface area contributed by atoms with E-state index in [0.717, 1.165) is 0 Å². The average Bonchev–Trinajstić information content (AvgIpc) is 2.70. The molecule has 2 aromatic carbocycles. The number of hydrogen-bond donors (Lipinski definition) is 1. The molecule has 0 spiro atoms. The number of methoxy groups -OCH3 is 2. The van der Waals surface area contributed by atoms with E-state index in [-0.39, 0.29) is 22.5 Å². The van der Waals surface area contributed by atoms with E-state index >= 15 is 0 Å². The van der Waals surface area contributed by atoms with Crippen LogP contribution in [-0.2, 0) is 14.3 Å². The first-order chi connectivity index (χ1) is 13.3. The molecular formula is C19H16N2O7. The molecular weight excluding hydrogens is 368 g/mol. The lowest BCUT2D eigenvalue weighted by atomic mass is 10.1. The molecule has 0 aliphatic rings. The van der Waals surface area contributed by atoms with Crippen LogP contribution in [0.1, 0.15) is 26.3 Å². The van der Waals surface area contributed by atoms with E-state index in [0.29, 0.717) is 5.56 Å². The first kappa shape index (κ1) is 20.3. The number of nitrogens with zero attached hydrogens (tertiary/aromatic N) is 1. The number of benzene rings is 2. The zero-order valence-electron chi connectivity index (χ0n) is 15.0. The Bertz CT molecular complexity index is 915. The lowest BCUT2D eigenvalue weighted by Crippen LogP contribution is -2.12. The van der Waals surface area contributed by atoms with Gasteiger partial charge in [0.15, 0.2) is 0 Å². The second-order valence-electron chi connectivity index (χ2n) is 5.45. The van der Waals surface area contributed by atoms with Gasteiger partial charge in [-0.25, -0.2) is 9.59 Å². The molecule has 0 radical (unpaired) electrons. The molecule has 0 aliphatic heterocycles. The number of ether oxygens (including phenoxy) is 2.